The van der Waals surface area contributed by atoms with Crippen molar-refractivity contribution in [3.8, 4) is 11.1 Å². The summed E-state index contributed by atoms with van der Waals surface area (Å²) in [5.74, 6) is -0.158. The number of nitrogens with one attached hydrogen (secondary N) is 1. The molecule has 0 aliphatic carbocycles. The molecule has 10 nitrogen and oxygen atoms in total. The van der Waals surface area contributed by atoms with Gasteiger partial charge in [-0.3, -0.25) is 14.3 Å². The van der Waals surface area contributed by atoms with Crippen LogP contribution in [0.3, 0.4) is 0 Å². The lowest BCUT2D eigenvalue weighted by molar-refractivity contribution is -0.141. The van der Waals surface area contributed by atoms with Gasteiger partial charge in [0.1, 0.15) is 6.10 Å². The van der Waals surface area contributed by atoms with Gasteiger partial charge in [0.2, 0.25) is 0 Å². The number of amides is 2. The summed E-state index contributed by atoms with van der Waals surface area (Å²) in [5.41, 5.74) is 9.36. The summed E-state index contributed by atoms with van der Waals surface area (Å²) in [6, 6.07) is 2.03. The fourth-order valence-electron chi connectivity index (χ4n) is 4.83. The molecule has 1 fully saturated rings. The summed E-state index contributed by atoms with van der Waals surface area (Å²) in [4.78, 5) is 26.3. The van der Waals surface area contributed by atoms with Crippen LogP contribution in [0.5, 0.6) is 0 Å². The molecule has 1 aliphatic rings. The van der Waals surface area contributed by atoms with E-state index in [0.717, 1.165) is 29.6 Å². The third kappa shape index (κ3) is 5.17. The lowest BCUT2D eigenvalue weighted by Gasteiger charge is -2.39. The van der Waals surface area contributed by atoms with Crippen molar-refractivity contribution in [1.29, 1.82) is 0 Å². The Bertz CT molecular complexity index is 1210. The first-order chi connectivity index (χ1) is 16.7. The molecule has 1 aliphatic heterocycles. The molecule has 35 heavy (non-hydrogen) atoms. The van der Waals surface area contributed by atoms with Crippen molar-refractivity contribution in [2.24, 2.45) is 17.6 Å². The van der Waals surface area contributed by atoms with Gasteiger partial charge in [-0.25, -0.2) is 4.52 Å². The van der Waals surface area contributed by atoms with Crippen LogP contribution in [-0.4, -0.2) is 66.5 Å². The normalized spacial score (nSPS) is 19.3. The Kier molecular flexibility index (Phi) is 7.11. The predicted octanol–water partition coefficient (Wildman–Crippen LogP) is 2.37. The fourth-order valence-corrected chi connectivity index (χ4v) is 4.83. The number of aromatic nitrogens is 4. The minimum Gasteiger partial charge on any atom is -0.384 e. The second-order valence-corrected chi connectivity index (χ2v) is 9.87. The second-order valence-electron chi connectivity index (χ2n) is 9.87. The molecule has 3 aromatic heterocycles. The molecule has 0 bridgehead atoms. The van der Waals surface area contributed by atoms with Crippen molar-refractivity contribution in [3.05, 3.63) is 36.4 Å². The molecule has 3 aromatic rings. The molecule has 1 saturated heterocycles. The third-order valence-corrected chi connectivity index (χ3v) is 6.68. The zero-order valence-electron chi connectivity index (χ0n) is 20.8. The molecule has 4 heterocycles. The number of hydrogen-bond acceptors (Lipinski definition) is 6. The van der Waals surface area contributed by atoms with Crippen LogP contribution in [0.2, 0.25) is 0 Å². The van der Waals surface area contributed by atoms with E-state index >= 15 is 0 Å². The average molecular weight is 482 g/mol. The van der Waals surface area contributed by atoms with Crippen LogP contribution in [-0.2, 0) is 11.3 Å². The number of nitrogens with two attached hydrogens (primary N) is 1. The zero-order chi connectivity index (χ0) is 25.3. The Morgan fingerprint density at radius 2 is 1.97 bits per heavy atom. The van der Waals surface area contributed by atoms with Gasteiger partial charge < -0.3 is 21.1 Å². The van der Waals surface area contributed by atoms with E-state index in [1.54, 1.807) is 9.42 Å². The minimum absolute atomic E-state index is 0.0366. The quantitative estimate of drug-likeness (QED) is 0.453. The van der Waals surface area contributed by atoms with Gasteiger partial charge >= 0.3 is 0 Å². The van der Waals surface area contributed by atoms with Crippen LogP contribution in [0.25, 0.3) is 16.6 Å². The number of rotatable bonds is 8. The van der Waals surface area contributed by atoms with Crippen molar-refractivity contribution in [2.45, 2.75) is 59.2 Å². The van der Waals surface area contributed by atoms with E-state index in [-0.39, 0.29) is 17.9 Å². The lowest BCUT2D eigenvalue weighted by atomic mass is 9.89. The Morgan fingerprint density at radius 1 is 1.20 bits per heavy atom. The Morgan fingerprint density at radius 3 is 2.63 bits per heavy atom. The van der Waals surface area contributed by atoms with Crippen LogP contribution in [0.1, 0.15) is 50.9 Å². The van der Waals surface area contributed by atoms with Gasteiger partial charge in [0.25, 0.3) is 11.8 Å². The molecule has 4 N–H and O–H groups in total. The summed E-state index contributed by atoms with van der Waals surface area (Å²) >= 11 is 0. The van der Waals surface area contributed by atoms with E-state index in [0.29, 0.717) is 36.7 Å². The van der Waals surface area contributed by atoms with Gasteiger partial charge in [0, 0.05) is 49.2 Å². The van der Waals surface area contributed by atoms with Crippen LogP contribution in [0.4, 0.5) is 5.69 Å². The third-order valence-electron chi connectivity index (χ3n) is 6.68. The molecule has 0 aromatic carbocycles. The maximum absolute atomic E-state index is 12.3. The number of carbonyl (C=O) groups is 2. The highest BCUT2D eigenvalue weighted by Gasteiger charge is 2.32. The number of hydrogen-bond donors (Lipinski definition) is 3. The highest BCUT2D eigenvalue weighted by atomic mass is 16.3. The zero-order valence-corrected chi connectivity index (χ0v) is 20.8. The number of carbonyl (C=O) groups excluding carboxylic acids is 2. The molecule has 0 unspecified atom stereocenters. The van der Waals surface area contributed by atoms with Crippen LogP contribution >= 0.6 is 0 Å². The number of anilines is 1. The first-order valence-electron chi connectivity index (χ1n) is 12.2. The SMILES string of the molecule is CC[C@H]1CN(C(=O)[C@H](C)O)CC[C@H]1Nc1c(C(N)=O)cnn2cc(-c3cnn(CC(C)C)c3)cc12. The molecule has 0 saturated carbocycles. The van der Waals surface area contributed by atoms with Gasteiger partial charge in [0.05, 0.1) is 29.2 Å². The Labute approximate surface area is 205 Å². The first-order valence-corrected chi connectivity index (χ1v) is 12.2. The van der Waals surface area contributed by atoms with Crippen LogP contribution < -0.4 is 11.1 Å². The van der Waals surface area contributed by atoms with E-state index in [1.165, 1.54) is 13.1 Å². The summed E-state index contributed by atoms with van der Waals surface area (Å²) < 4.78 is 3.68. The molecular weight excluding hydrogens is 446 g/mol. The molecule has 10 heteroatoms. The highest BCUT2D eigenvalue weighted by Crippen LogP contribution is 2.32. The van der Waals surface area contributed by atoms with E-state index in [1.807, 2.05) is 29.3 Å². The van der Waals surface area contributed by atoms with Crippen LogP contribution in [0, 0.1) is 11.8 Å². The number of likely N-dealkylation sites (tertiary alicyclic amines) is 1. The lowest BCUT2D eigenvalue weighted by Crippen LogP contribution is -2.50. The average Bonchev–Trinajstić information content (AvgIpc) is 3.45. The van der Waals surface area contributed by atoms with Crippen LogP contribution in [0.15, 0.2) is 30.9 Å². The van der Waals surface area contributed by atoms with E-state index < -0.39 is 12.0 Å². The summed E-state index contributed by atoms with van der Waals surface area (Å²) in [5, 5.41) is 22.2. The molecule has 4 rings (SSSR count). The van der Waals surface area contributed by atoms with Gasteiger partial charge in [-0.1, -0.05) is 20.8 Å². The largest absolute Gasteiger partial charge is 0.384 e. The number of aliphatic hydroxyl groups is 1. The van der Waals surface area contributed by atoms with E-state index in [4.69, 9.17) is 5.73 Å². The van der Waals surface area contributed by atoms with Crippen molar-refractivity contribution in [1.82, 2.24) is 24.3 Å². The second kappa shape index (κ2) is 10.1. The number of fused-ring (bicyclic) bond motifs is 1. The van der Waals surface area contributed by atoms with Gasteiger partial charge in [-0.15, -0.1) is 0 Å². The summed E-state index contributed by atoms with van der Waals surface area (Å²) in [7, 11) is 0. The van der Waals surface area contributed by atoms with Crippen molar-refractivity contribution in [3.63, 3.8) is 0 Å². The molecular formula is C25H35N7O3. The molecule has 2 amide bonds. The van der Waals surface area contributed by atoms with Crippen molar-refractivity contribution < 1.29 is 14.7 Å². The smallest absolute Gasteiger partial charge is 0.252 e. The maximum atomic E-state index is 12.3. The number of nitrogens with zero attached hydrogens (tertiary/aromatic N) is 5. The Hall–Kier alpha value is -3.40. The van der Waals surface area contributed by atoms with E-state index in [9.17, 15) is 14.7 Å². The summed E-state index contributed by atoms with van der Waals surface area (Å²) in [6.07, 6.45) is 7.79. The van der Waals surface area contributed by atoms with Gasteiger partial charge in [0.15, 0.2) is 0 Å². The van der Waals surface area contributed by atoms with Crippen molar-refractivity contribution >= 4 is 23.0 Å². The number of piperidine rings is 1. The van der Waals surface area contributed by atoms with Crippen molar-refractivity contribution in [2.75, 3.05) is 18.4 Å². The number of primary amides is 1. The molecule has 188 valence electrons. The highest BCUT2D eigenvalue weighted by molar-refractivity contribution is 6.02. The molecule has 0 spiro atoms. The monoisotopic (exact) mass is 481 g/mol. The van der Waals surface area contributed by atoms with Gasteiger partial charge in [-0.05, 0) is 37.7 Å². The molecule has 0 radical (unpaired) electrons. The van der Waals surface area contributed by atoms with E-state index in [2.05, 4.69) is 36.3 Å². The minimum atomic E-state index is -1.01. The maximum Gasteiger partial charge on any atom is 0.252 e. The fraction of sp³-hybridized carbons (Fsp3) is 0.520. The summed E-state index contributed by atoms with van der Waals surface area (Å²) in [6.45, 7) is 9.79. The Balaban J connectivity index is 1.65. The topological polar surface area (TPSA) is 131 Å². The van der Waals surface area contributed by atoms with Gasteiger partial charge in [-0.2, -0.15) is 10.2 Å². The predicted molar refractivity (Wildman–Crippen MR) is 134 cm³/mol. The number of aliphatic hydroxyl groups excluding tert-OH is 1. The standard InChI is InChI=1S/C25H35N7O3/c1-5-17-12-30(25(35)16(4)33)7-6-21(17)29-23-20(24(26)34)10-28-32-14-18(8-22(23)32)19-9-27-31(13-19)11-15(2)3/h8-10,13-17,21,29,33H,5-7,11-12H2,1-4H3,(H2,26,34)/t16-,17-,21+/m0/s1. The first kappa shape index (κ1) is 24.7. The molecule has 3 atom stereocenters.